The molecule has 2 N–H and O–H groups in total. The molecule has 0 saturated heterocycles. The number of aromatic nitrogens is 1. The van der Waals surface area contributed by atoms with Crippen LogP contribution in [-0.4, -0.2) is 17.2 Å². The second-order valence-electron chi connectivity index (χ2n) is 5.36. The Kier molecular flexibility index (Phi) is 6.66. The number of carbonyl (C=O) groups excluding carboxylic acids is 1. The van der Waals surface area contributed by atoms with Crippen molar-refractivity contribution in [3.63, 3.8) is 0 Å². The molecule has 2 amide bonds. The molecule has 0 saturated carbocycles. The van der Waals surface area contributed by atoms with Crippen molar-refractivity contribution in [3.05, 3.63) is 58.5 Å². The van der Waals surface area contributed by atoms with Gasteiger partial charge in [0.2, 0.25) is 0 Å². The van der Waals surface area contributed by atoms with E-state index in [1.54, 1.807) is 22.9 Å². The number of nitrogens with one attached hydrogen (secondary N) is 2. The van der Waals surface area contributed by atoms with Crippen LogP contribution in [0.4, 0.5) is 10.5 Å². The normalized spacial score (nSPS) is 9.92. The molecule has 6 heteroatoms. The molecule has 0 bridgehead atoms. The summed E-state index contributed by atoms with van der Waals surface area (Å²) in [7, 11) is 0. The number of para-hydroxylation sites is 1. The number of pyridine rings is 1. The van der Waals surface area contributed by atoms with E-state index in [9.17, 15) is 9.59 Å². The summed E-state index contributed by atoms with van der Waals surface area (Å²) in [6, 6.07) is 10.0. The molecule has 0 aliphatic carbocycles. The van der Waals surface area contributed by atoms with Crippen molar-refractivity contribution in [2.75, 3.05) is 11.9 Å². The number of terminal acetylenes is 1. The second-order valence-corrected chi connectivity index (χ2v) is 5.36. The first-order chi connectivity index (χ1) is 12.1. The van der Waals surface area contributed by atoms with Gasteiger partial charge in [0.15, 0.2) is 0 Å². The Labute approximate surface area is 146 Å². The first-order valence-electron chi connectivity index (χ1n) is 8.03. The summed E-state index contributed by atoms with van der Waals surface area (Å²) in [5, 5.41) is 5.48. The number of carbonyl (C=O) groups is 1. The van der Waals surface area contributed by atoms with Gasteiger partial charge in [0, 0.05) is 30.9 Å². The summed E-state index contributed by atoms with van der Waals surface area (Å²) in [5.74, 6) is 3.05. The number of nitrogens with zero attached hydrogens (tertiary/aromatic N) is 1. The number of urea groups is 1. The SMILES string of the molecule is C#CCOc1ccccc1CNC(=O)Nc1ccc(=O)n(CCC)c1. The summed E-state index contributed by atoms with van der Waals surface area (Å²) >= 11 is 0. The van der Waals surface area contributed by atoms with Gasteiger partial charge in [0.1, 0.15) is 12.4 Å². The highest BCUT2D eigenvalue weighted by atomic mass is 16.5. The molecule has 0 unspecified atom stereocenters. The first kappa shape index (κ1) is 18.1. The Bertz CT molecular complexity index is 821. The van der Waals surface area contributed by atoms with Crippen molar-refractivity contribution in [2.24, 2.45) is 0 Å². The minimum absolute atomic E-state index is 0.0904. The van der Waals surface area contributed by atoms with Crippen LogP contribution in [0.5, 0.6) is 5.75 Å². The third kappa shape index (κ3) is 5.43. The topological polar surface area (TPSA) is 72.4 Å². The quantitative estimate of drug-likeness (QED) is 0.762. The Balaban J connectivity index is 1.96. The van der Waals surface area contributed by atoms with Crippen LogP contribution >= 0.6 is 0 Å². The fourth-order valence-corrected chi connectivity index (χ4v) is 2.28. The van der Waals surface area contributed by atoms with Crippen molar-refractivity contribution in [1.29, 1.82) is 0 Å². The minimum atomic E-state index is -0.367. The molecule has 0 radical (unpaired) electrons. The fourth-order valence-electron chi connectivity index (χ4n) is 2.28. The minimum Gasteiger partial charge on any atom is -0.481 e. The zero-order chi connectivity index (χ0) is 18.1. The average Bonchev–Trinajstić information content (AvgIpc) is 2.62. The van der Waals surface area contributed by atoms with Crippen LogP contribution in [0.2, 0.25) is 0 Å². The molecule has 0 aliphatic rings. The number of rotatable bonds is 7. The van der Waals surface area contributed by atoms with E-state index >= 15 is 0 Å². The summed E-state index contributed by atoms with van der Waals surface area (Å²) in [5.41, 5.74) is 1.29. The monoisotopic (exact) mass is 339 g/mol. The standard InChI is InChI=1S/C19H21N3O3/c1-3-11-22-14-16(9-10-18(22)23)21-19(24)20-13-15-7-5-6-8-17(15)25-12-4-2/h2,5-10,14H,3,11-13H2,1H3,(H2,20,21,24). The van der Waals surface area contributed by atoms with Gasteiger partial charge in [-0.3, -0.25) is 4.79 Å². The lowest BCUT2D eigenvalue weighted by Crippen LogP contribution is -2.29. The van der Waals surface area contributed by atoms with Crippen LogP contribution in [0.1, 0.15) is 18.9 Å². The van der Waals surface area contributed by atoms with Gasteiger partial charge >= 0.3 is 6.03 Å². The largest absolute Gasteiger partial charge is 0.481 e. The summed E-state index contributed by atoms with van der Waals surface area (Å²) in [6.45, 7) is 3.05. The number of aryl methyl sites for hydroxylation is 1. The van der Waals surface area contributed by atoms with Crippen molar-refractivity contribution < 1.29 is 9.53 Å². The van der Waals surface area contributed by atoms with E-state index < -0.39 is 0 Å². The molecule has 1 heterocycles. The molecule has 1 aromatic heterocycles. The van der Waals surface area contributed by atoms with Crippen molar-refractivity contribution in [2.45, 2.75) is 26.4 Å². The molecule has 2 aromatic rings. The Hall–Kier alpha value is -3.20. The predicted molar refractivity (Wildman–Crippen MR) is 97.6 cm³/mol. The third-order valence-corrected chi connectivity index (χ3v) is 3.43. The molecule has 2 rings (SSSR count). The van der Waals surface area contributed by atoms with Gasteiger partial charge in [0.25, 0.3) is 5.56 Å². The molecular weight excluding hydrogens is 318 g/mol. The summed E-state index contributed by atoms with van der Waals surface area (Å²) in [6.07, 6.45) is 7.67. The first-order valence-corrected chi connectivity index (χ1v) is 8.03. The van der Waals surface area contributed by atoms with E-state index in [4.69, 9.17) is 11.2 Å². The lowest BCUT2D eigenvalue weighted by atomic mass is 10.2. The number of amides is 2. The van der Waals surface area contributed by atoms with Gasteiger partial charge in [-0.25, -0.2) is 4.79 Å². The van der Waals surface area contributed by atoms with Crippen LogP contribution in [0.3, 0.4) is 0 Å². The van der Waals surface area contributed by atoms with E-state index in [1.165, 1.54) is 6.07 Å². The molecular formula is C19H21N3O3. The lowest BCUT2D eigenvalue weighted by molar-refractivity contribution is 0.251. The second kappa shape index (κ2) is 9.18. The maximum Gasteiger partial charge on any atom is 0.319 e. The van der Waals surface area contributed by atoms with Crippen molar-refractivity contribution in [1.82, 2.24) is 9.88 Å². The molecule has 0 aliphatic heterocycles. The molecule has 6 nitrogen and oxygen atoms in total. The maximum absolute atomic E-state index is 12.1. The Morgan fingerprint density at radius 3 is 2.84 bits per heavy atom. The fraction of sp³-hybridized carbons (Fsp3) is 0.263. The van der Waals surface area contributed by atoms with Gasteiger partial charge in [-0.2, -0.15) is 0 Å². The van der Waals surface area contributed by atoms with Crippen LogP contribution in [-0.2, 0) is 13.1 Å². The lowest BCUT2D eigenvalue weighted by Gasteiger charge is -2.12. The number of hydrogen-bond donors (Lipinski definition) is 2. The zero-order valence-electron chi connectivity index (χ0n) is 14.1. The Morgan fingerprint density at radius 1 is 1.28 bits per heavy atom. The summed E-state index contributed by atoms with van der Waals surface area (Å²) in [4.78, 5) is 23.8. The van der Waals surface area contributed by atoms with Gasteiger partial charge in [-0.15, -0.1) is 6.42 Å². The third-order valence-electron chi connectivity index (χ3n) is 3.43. The van der Waals surface area contributed by atoms with Crippen LogP contribution in [0.15, 0.2) is 47.4 Å². The van der Waals surface area contributed by atoms with Crippen LogP contribution < -0.4 is 20.9 Å². The van der Waals surface area contributed by atoms with Gasteiger partial charge in [-0.1, -0.05) is 31.0 Å². The number of benzene rings is 1. The van der Waals surface area contributed by atoms with Crippen molar-refractivity contribution in [3.8, 4) is 18.1 Å². The zero-order valence-corrected chi connectivity index (χ0v) is 14.1. The Morgan fingerprint density at radius 2 is 2.08 bits per heavy atom. The van der Waals surface area contributed by atoms with Gasteiger partial charge < -0.3 is 19.9 Å². The van der Waals surface area contributed by atoms with Crippen molar-refractivity contribution >= 4 is 11.7 Å². The number of hydrogen-bond acceptors (Lipinski definition) is 3. The highest BCUT2D eigenvalue weighted by Crippen LogP contribution is 2.17. The van der Waals surface area contributed by atoms with E-state index in [1.807, 2.05) is 25.1 Å². The van der Waals surface area contributed by atoms with Crippen LogP contribution in [0.25, 0.3) is 0 Å². The maximum atomic E-state index is 12.1. The van der Waals surface area contributed by atoms with E-state index in [-0.39, 0.29) is 18.2 Å². The van der Waals surface area contributed by atoms with E-state index in [2.05, 4.69) is 16.6 Å². The molecule has 0 fully saturated rings. The number of ether oxygens (including phenoxy) is 1. The smallest absolute Gasteiger partial charge is 0.319 e. The van der Waals surface area contributed by atoms with E-state index in [0.29, 0.717) is 24.5 Å². The average molecular weight is 339 g/mol. The molecule has 0 atom stereocenters. The highest BCUT2D eigenvalue weighted by molar-refractivity contribution is 5.88. The highest BCUT2D eigenvalue weighted by Gasteiger charge is 2.07. The molecule has 1 aromatic carbocycles. The van der Waals surface area contributed by atoms with E-state index in [0.717, 1.165) is 12.0 Å². The molecule has 130 valence electrons. The molecule has 25 heavy (non-hydrogen) atoms. The molecule has 0 spiro atoms. The van der Waals surface area contributed by atoms with Gasteiger partial charge in [-0.05, 0) is 18.6 Å². The van der Waals surface area contributed by atoms with Gasteiger partial charge in [0.05, 0.1) is 5.69 Å². The predicted octanol–water partition coefficient (Wildman–Crippen LogP) is 2.59. The van der Waals surface area contributed by atoms with Crippen LogP contribution in [0, 0.1) is 12.3 Å². The number of anilines is 1. The summed E-state index contributed by atoms with van der Waals surface area (Å²) < 4.78 is 7.01.